The van der Waals surface area contributed by atoms with E-state index in [0.29, 0.717) is 5.41 Å². The normalized spacial score (nSPS) is 54.5. The zero-order valence-corrected chi connectivity index (χ0v) is 7.88. The van der Waals surface area contributed by atoms with Crippen molar-refractivity contribution in [3.63, 3.8) is 0 Å². The van der Waals surface area contributed by atoms with E-state index in [2.05, 4.69) is 32.1 Å². The van der Waals surface area contributed by atoms with E-state index in [1.54, 1.807) is 5.57 Å². The highest BCUT2D eigenvalue weighted by atomic mass is 14.6. The van der Waals surface area contributed by atoms with Gasteiger partial charge in [0.2, 0.25) is 0 Å². The van der Waals surface area contributed by atoms with Crippen LogP contribution in [-0.2, 0) is 0 Å². The van der Waals surface area contributed by atoms with Crippen LogP contribution in [-0.4, -0.2) is 0 Å². The van der Waals surface area contributed by atoms with E-state index in [9.17, 15) is 0 Å². The molecule has 3 aliphatic rings. The van der Waals surface area contributed by atoms with Gasteiger partial charge in [0, 0.05) is 0 Å². The Balaban J connectivity index is 2.07. The van der Waals surface area contributed by atoms with Gasteiger partial charge in [-0.05, 0) is 42.9 Å². The van der Waals surface area contributed by atoms with Gasteiger partial charge in [-0.1, -0.05) is 30.7 Å². The van der Waals surface area contributed by atoms with E-state index in [1.165, 1.54) is 12.8 Å². The molecular formula is C12H16. The smallest absolute Gasteiger partial charge is 0.0103 e. The zero-order chi connectivity index (χ0) is 8.34. The second-order valence-electron chi connectivity index (χ2n) is 5.05. The summed E-state index contributed by atoms with van der Waals surface area (Å²) in [6.45, 7) is 4.77. The summed E-state index contributed by atoms with van der Waals surface area (Å²) in [7, 11) is 0. The number of fused-ring (bicyclic) bond motifs is 5. The van der Waals surface area contributed by atoms with Crippen LogP contribution in [0.25, 0.3) is 0 Å². The monoisotopic (exact) mass is 160 g/mol. The van der Waals surface area contributed by atoms with Crippen LogP contribution in [0.5, 0.6) is 0 Å². The maximum Gasteiger partial charge on any atom is -0.0103 e. The molecule has 0 N–H and O–H groups in total. The van der Waals surface area contributed by atoms with Gasteiger partial charge in [0.1, 0.15) is 0 Å². The van der Waals surface area contributed by atoms with Crippen molar-refractivity contribution in [2.24, 2.45) is 23.2 Å². The van der Waals surface area contributed by atoms with Crippen molar-refractivity contribution in [1.29, 1.82) is 0 Å². The lowest BCUT2D eigenvalue weighted by molar-refractivity contribution is 0.283. The maximum atomic E-state index is 2.48. The van der Waals surface area contributed by atoms with Gasteiger partial charge in [0.05, 0.1) is 0 Å². The standard InChI is InChI=1S/C12H16/c1-8-3-4-10-11(8)9-5-6-12(10,2)7-9/h3,5-6,9-11H,4,7H2,1-2H3/t9-,10?,11?,12+/m0/s1. The maximum absolute atomic E-state index is 2.48. The number of hydrogen-bond acceptors (Lipinski definition) is 0. The van der Waals surface area contributed by atoms with Crippen LogP contribution < -0.4 is 0 Å². The number of allylic oxidation sites excluding steroid dienone is 4. The van der Waals surface area contributed by atoms with Crippen LogP contribution in [0.4, 0.5) is 0 Å². The molecule has 0 aromatic rings. The third-order valence-electron chi connectivity index (χ3n) is 4.36. The Morgan fingerprint density at radius 1 is 1.50 bits per heavy atom. The molecule has 3 rings (SSSR count). The number of hydrogen-bond donors (Lipinski definition) is 0. The molecule has 0 radical (unpaired) electrons. The van der Waals surface area contributed by atoms with E-state index < -0.39 is 0 Å². The fraction of sp³-hybridized carbons (Fsp3) is 0.667. The summed E-state index contributed by atoms with van der Waals surface area (Å²) in [5.41, 5.74) is 2.22. The fourth-order valence-corrected chi connectivity index (χ4v) is 3.74. The minimum Gasteiger partial charge on any atom is -0.0850 e. The van der Waals surface area contributed by atoms with E-state index in [-0.39, 0.29) is 0 Å². The minimum atomic E-state index is 0.559. The molecule has 1 fully saturated rings. The predicted molar refractivity (Wildman–Crippen MR) is 50.7 cm³/mol. The highest BCUT2D eigenvalue weighted by molar-refractivity contribution is 5.30. The van der Waals surface area contributed by atoms with Gasteiger partial charge in [-0.2, -0.15) is 0 Å². The first-order chi connectivity index (χ1) is 5.71. The van der Waals surface area contributed by atoms with Gasteiger partial charge in [-0.3, -0.25) is 0 Å². The highest BCUT2D eigenvalue weighted by Gasteiger charge is 2.53. The summed E-state index contributed by atoms with van der Waals surface area (Å²) in [6, 6.07) is 0. The summed E-state index contributed by atoms with van der Waals surface area (Å²) in [5, 5.41) is 0. The van der Waals surface area contributed by atoms with Crippen molar-refractivity contribution in [3.05, 3.63) is 23.8 Å². The Labute approximate surface area is 74.4 Å². The molecule has 4 atom stereocenters. The SMILES string of the molecule is CC1=CCC2C1[C@H]1C=C[C@]2(C)C1. The Bertz CT molecular complexity index is 284. The van der Waals surface area contributed by atoms with Gasteiger partial charge in [0.15, 0.2) is 0 Å². The van der Waals surface area contributed by atoms with Crippen molar-refractivity contribution < 1.29 is 0 Å². The second-order valence-corrected chi connectivity index (χ2v) is 5.05. The summed E-state index contributed by atoms with van der Waals surface area (Å²) in [4.78, 5) is 0. The Kier molecular flexibility index (Phi) is 1.08. The highest BCUT2D eigenvalue weighted by Crippen LogP contribution is 2.61. The number of rotatable bonds is 0. The van der Waals surface area contributed by atoms with Gasteiger partial charge < -0.3 is 0 Å². The first-order valence-corrected chi connectivity index (χ1v) is 5.07. The van der Waals surface area contributed by atoms with Crippen molar-refractivity contribution in [2.75, 3.05) is 0 Å². The third-order valence-corrected chi connectivity index (χ3v) is 4.36. The molecule has 0 saturated heterocycles. The summed E-state index contributed by atoms with van der Waals surface area (Å²) >= 11 is 0. The minimum absolute atomic E-state index is 0.559. The second kappa shape index (κ2) is 1.86. The molecule has 0 aliphatic heterocycles. The van der Waals surface area contributed by atoms with Crippen LogP contribution in [0.3, 0.4) is 0 Å². The Morgan fingerprint density at radius 2 is 2.33 bits per heavy atom. The molecule has 0 spiro atoms. The van der Waals surface area contributed by atoms with E-state index >= 15 is 0 Å². The van der Waals surface area contributed by atoms with E-state index in [4.69, 9.17) is 0 Å². The van der Waals surface area contributed by atoms with Gasteiger partial charge in [-0.15, -0.1) is 0 Å². The van der Waals surface area contributed by atoms with E-state index in [1.807, 2.05) is 0 Å². The molecule has 0 heterocycles. The first kappa shape index (κ1) is 6.94. The lowest BCUT2D eigenvalue weighted by Crippen LogP contribution is -2.22. The third kappa shape index (κ3) is 0.608. The zero-order valence-electron chi connectivity index (χ0n) is 7.88. The largest absolute Gasteiger partial charge is 0.0850 e. The first-order valence-electron chi connectivity index (χ1n) is 5.07. The van der Waals surface area contributed by atoms with Gasteiger partial charge >= 0.3 is 0 Å². The lowest BCUT2D eigenvalue weighted by atomic mass is 9.75. The summed E-state index contributed by atoms with van der Waals surface area (Å²) in [6.07, 6.45) is 10.2. The van der Waals surface area contributed by atoms with Crippen molar-refractivity contribution in [1.82, 2.24) is 0 Å². The molecule has 3 aliphatic carbocycles. The van der Waals surface area contributed by atoms with Crippen LogP contribution in [0.2, 0.25) is 0 Å². The predicted octanol–water partition coefficient (Wildman–Crippen LogP) is 3.16. The van der Waals surface area contributed by atoms with Crippen molar-refractivity contribution >= 4 is 0 Å². The summed E-state index contributed by atoms with van der Waals surface area (Å²) in [5.74, 6) is 2.76. The van der Waals surface area contributed by atoms with Crippen molar-refractivity contribution in [2.45, 2.75) is 26.7 Å². The van der Waals surface area contributed by atoms with Crippen molar-refractivity contribution in [3.8, 4) is 0 Å². The molecule has 0 aromatic carbocycles. The molecule has 0 aromatic heterocycles. The topological polar surface area (TPSA) is 0 Å². The molecule has 12 heavy (non-hydrogen) atoms. The van der Waals surface area contributed by atoms with Crippen LogP contribution in [0.15, 0.2) is 23.8 Å². The molecule has 2 bridgehead atoms. The van der Waals surface area contributed by atoms with Crippen LogP contribution in [0, 0.1) is 23.2 Å². The molecule has 0 nitrogen and oxygen atoms in total. The Morgan fingerprint density at radius 3 is 3.08 bits per heavy atom. The Hall–Kier alpha value is -0.520. The molecule has 0 amide bonds. The molecule has 64 valence electrons. The van der Waals surface area contributed by atoms with Gasteiger partial charge in [-0.25, -0.2) is 0 Å². The summed E-state index contributed by atoms with van der Waals surface area (Å²) < 4.78 is 0. The van der Waals surface area contributed by atoms with Crippen LogP contribution >= 0.6 is 0 Å². The molecule has 1 saturated carbocycles. The molecule has 0 heteroatoms. The quantitative estimate of drug-likeness (QED) is 0.477. The fourth-order valence-electron chi connectivity index (χ4n) is 3.74. The van der Waals surface area contributed by atoms with Gasteiger partial charge in [0.25, 0.3) is 0 Å². The lowest BCUT2D eigenvalue weighted by Gasteiger charge is -2.29. The molecule has 2 unspecified atom stereocenters. The van der Waals surface area contributed by atoms with Crippen LogP contribution in [0.1, 0.15) is 26.7 Å². The average Bonchev–Trinajstić information content (AvgIpc) is 2.61. The average molecular weight is 160 g/mol. The molecular weight excluding hydrogens is 144 g/mol. The van der Waals surface area contributed by atoms with E-state index in [0.717, 1.165) is 17.8 Å².